The van der Waals surface area contributed by atoms with E-state index in [1.807, 2.05) is 6.92 Å². The first kappa shape index (κ1) is 14.4. The van der Waals surface area contributed by atoms with Gasteiger partial charge in [0.05, 0.1) is 17.3 Å². The van der Waals surface area contributed by atoms with Gasteiger partial charge in [-0.3, -0.25) is 17.8 Å². The van der Waals surface area contributed by atoms with Crippen molar-refractivity contribution in [2.75, 3.05) is 12.4 Å². The first-order valence-electron chi connectivity index (χ1n) is 4.65. The Morgan fingerprint density at radius 2 is 1.65 bits per heavy atom. The van der Waals surface area contributed by atoms with Gasteiger partial charge in [-0.25, -0.2) is 8.42 Å². The third kappa shape index (κ3) is 5.02. The highest BCUT2D eigenvalue weighted by molar-refractivity contribution is 8.15. The lowest BCUT2D eigenvalue weighted by molar-refractivity contribution is 0.213. The normalized spacial score (nSPS) is 13.6. The molecule has 0 spiro atoms. The summed E-state index contributed by atoms with van der Waals surface area (Å²) in [5, 5.41) is 0. The van der Waals surface area contributed by atoms with Crippen LogP contribution in [0.25, 0.3) is 0 Å². The quantitative estimate of drug-likeness (QED) is 0.762. The van der Waals surface area contributed by atoms with Crippen LogP contribution in [0.4, 0.5) is 0 Å². The number of hydrogen-bond donors (Lipinski definition) is 3. The molecule has 17 heavy (non-hydrogen) atoms. The fourth-order valence-electron chi connectivity index (χ4n) is 1.12. The van der Waals surface area contributed by atoms with Gasteiger partial charge in [-0.2, -0.15) is 0 Å². The summed E-state index contributed by atoms with van der Waals surface area (Å²) in [6.07, 6.45) is 0. The predicted molar refractivity (Wildman–Crippen MR) is 64.7 cm³/mol. The van der Waals surface area contributed by atoms with Gasteiger partial charge in [-0.1, -0.05) is 17.7 Å². The van der Waals surface area contributed by atoms with E-state index in [9.17, 15) is 8.42 Å². The van der Waals surface area contributed by atoms with Crippen LogP contribution in [-0.4, -0.2) is 34.4 Å². The summed E-state index contributed by atoms with van der Waals surface area (Å²) in [5.41, 5.74) is 0.935. The third-order valence-electron chi connectivity index (χ3n) is 1.97. The van der Waals surface area contributed by atoms with Gasteiger partial charge >= 0.3 is 0 Å². The Hall–Kier alpha value is -0.640. The number of rotatable bonds is 5. The molecule has 0 radical (unpaired) electrons. The molecule has 0 unspecified atom stereocenters. The molecule has 0 saturated heterocycles. The Labute approximate surface area is 102 Å². The van der Waals surface area contributed by atoms with E-state index in [0.29, 0.717) is 0 Å². The summed E-state index contributed by atoms with van der Waals surface area (Å²) >= 11 is -4.10. The van der Waals surface area contributed by atoms with Crippen LogP contribution in [0.3, 0.4) is 0 Å². The second kappa shape index (κ2) is 5.34. The molecule has 1 rings (SSSR count). The summed E-state index contributed by atoms with van der Waals surface area (Å²) in [7, 11) is -3.54. The molecule has 0 atom stereocenters. The highest BCUT2D eigenvalue weighted by atomic mass is 32.3. The minimum atomic E-state index is -4.10. The first-order valence-corrected chi connectivity index (χ1v) is 7.73. The van der Waals surface area contributed by atoms with Crippen molar-refractivity contribution >= 4 is 21.0 Å². The molecule has 1 aromatic rings. The van der Waals surface area contributed by atoms with Crippen molar-refractivity contribution in [3.05, 3.63) is 29.8 Å². The van der Waals surface area contributed by atoms with Crippen LogP contribution in [0.15, 0.2) is 29.2 Å². The summed E-state index contributed by atoms with van der Waals surface area (Å²) in [6, 6.07) is 6.24. The smallest absolute Gasteiger partial charge is 0.216 e. The van der Waals surface area contributed by atoms with E-state index < -0.39 is 33.3 Å². The summed E-state index contributed by atoms with van der Waals surface area (Å²) < 4.78 is 53.1. The van der Waals surface area contributed by atoms with E-state index in [1.54, 1.807) is 12.1 Å². The van der Waals surface area contributed by atoms with E-state index in [1.165, 1.54) is 12.1 Å². The lowest BCUT2D eigenvalue weighted by Gasteiger charge is -2.17. The SMILES string of the molecule is Cc1ccc(S(=O)(=O)CCOS(O)(O)O)cc1. The van der Waals surface area contributed by atoms with E-state index in [0.717, 1.165) is 5.56 Å². The van der Waals surface area contributed by atoms with Gasteiger partial charge in [0.1, 0.15) is 0 Å². The lowest BCUT2D eigenvalue weighted by Crippen LogP contribution is -2.14. The molecule has 8 heteroatoms. The largest absolute Gasteiger partial charge is 0.287 e. The van der Waals surface area contributed by atoms with Gasteiger partial charge in [0.25, 0.3) is 0 Å². The fraction of sp³-hybridized carbons (Fsp3) is 0.333. The second-order valence-electron chi connectivity index (χ2n) is 3.42. The lowest BCUT2D eigenvalue weighted by atomic mass is 10.2. The van der Waals surface area contributed by atoms with Gasteiger partial charge in [0.2, 0.25) is 11.2 Å². The number of aryl methyl sites for hydroxylation is 1. The molecule has 0 bridgehead atoms. The standard InChI is InChI=1S/C9H14O6S2/c1-8-2-4-9(5-3-8)16(10,11)7-6-15-17(12,13)14/h2-5,12-14H,6-7H2,1H3. The van der Waals surface area contributed by atoms with Gasteiger partial charge < -0.3 is 0 Å². The predicted octanol–water partition coefficient (Wildman–Crippen LogP) is 1.92. The average Bonchev–Trinajstić information content (AvgIpc) is 2.15. The van der Waals surface area contributed by atoms with Gasteiger partial charge in [0.15, 0.2) is 9.84 Å². The Kier molecular flexibility index (Phi) is 4.53. The molecule has 98 valence electrons. The Bertz CT molecular complexity index is 459. The Balaban J connectivity index is 2.66. The molecule has 0 aliphatic rings. The van der Waals surface area contributed by atoms with Crippen molar-refractivity contribution in [1.29, 1.82) is 0 Å². The van der Waals surface area contributed by atoms with Gasteiger partial charge in [0, 0.05) is 0 Å². The molecule has 0 aliphatic carbocycles. The minimum absolute atomic E-state index is 0.126. The molecule has 0 amide bonds. The van der Waals surface area contributed by atoms with Crippen molar-refractivity contribution in [3.8, 4) is 0 Å². The summed E-state index contributed by atoms with van der Waals surface area (Å²) in [4.78, 5) is 0.126. The third-order valence-corrected chi connectivity index (χ3v) is 4.15. The van der Waals surface area contributed by atoms with Crippen LogP contribution in [0, 0.1) is 6.92 Å². The topological polar surface area (TPSA) is 104 Å². The van der Waals surface area contributed by atoms with Crippen molar-refractivity contribution in [2.45, 2.75) is 11.8 Å². The number of sulfone groups is 1. The van der Waals surface area contributed by atoms with E-state index in [-0.39, 0.29) is 4.90 Å². The maximum absolute atomic E-state index is 11.7. The Morgan fingerprint density at radius 3 is 2.12 bits per heavy atom. The first-order chi connectivity index (χ1) is 7.71. The van der Waals surface area contributed by atoms with E-state index >= 15 is 0 Å². The molecule has 0 saturated carbocycles. The molecule has 0 aliphatic heterocycles. The molecular formula is C9H14O6S2. The van der Waals surface area contributed by atoms with Crippen LogP contribution in [0.5, 0.6) is 0 Å². The Morgan fingerprint density at radius 1 is 1.12 bits per heavy atom. The molecule has 6 nitrogen and oxygen atoms in total. The van der Waals surface area contributed by atoms with Crippen LogP contribution in [-0.2, 0) is 14.0 Å². The monoisotopic (exact) mass is 282 g/mol. The molecule has 0 heterocycles. The summed E-state index contributed by atoms with van der Waals surface area (Å²) in [6.45, 7) is 1.34. The van der Waals surface area contributed by atoms with Crippen molar-refractivity contribution in [3.63, 3.8) is 0 Å². The van der Waals surface area contributed by atoms with Crippen LogP contribution >= 0.6 is 11.2 Å². The zero-order chi connectivity index (χ0) is 13.1. The van der Waals surface area contributed by atoms with Crippen LogP contribution in [0.2, 0.25) is 0 Å². The fourth-order valence-corrected chi connectivity index (χ4v) is 2.62. The zero-order valence-corrected chi connectivity index (χ0v) is 10.7. The number of hydrogen-bond acceptors (Lipinski definition) is 6. The van der Waals surface area contributed by atoms with Crippen molar-refractivity contribution in [2.24, 2.45) is 0 Å². The summed E-state index contributed by atoms with van der Waals surface area (Å²) in [5.74, 6) is -0.438. The molecule has 0 fully saturated rings. The molecular weight excluding hydrogens is 268 g/mol. The maximum atomic E-state index is 11.7. The van der Waals surface area contributed by atoms with Gasteiger partial charge in [-0.05, 0) is 19.1 Å². The van der Waals surface area contributed by atoms with Crippen LogP contribution < -0.4 is 0 Å². The van der Waals surface area contributed by atoms with E-state index in [4.69, 9.17) is 13.7 Å². The van der Waals surface area contributed by atoms with Crippen molar-refractivity contribution < 1.29 is 26.3 Å². The molecule has 1 aromatic carbocycles. The highest BCUT2D eigenvalue weighted by Crippen LogP contribution is 2.33. The van der Waals surface area contributed by atoms with E-state index in [2.05, 4.69) is 4.18 Å². The minimum Gasteiger partial charge on any atom is -0.287 e. The average molecular weight is 282 g/mol. The van der Waals surface area contributed by atoms with Crippen LogP contribution in [0.1, 0.15) is 5.56 Å². The number of benzene rings is 1. The molecule has 3 N–H and O–H groups in total. The van der Waals surface area contributed by atoms with Crippen molar-refractivity contribution in [1.82, 2.24) is 0 Å². The van der Waals surface area contributed by atoms with Gasteiger partial charge in [-0.15, -0.1) is 0 Å². The zero-order valence-electron chi connectivity index (χ0n) is 9.11. The highest BCUT2D eigenvalue weighted by Gasteiger charge is 2.18. The molecule has 0 aromatic heterocycles. The second-order valence-corrected chi connectivity index (χ2v) is 6.70. The maximum Gasteiger partial charge on any atom is 0.216 e.